The van der Waals surface area contributed by atoms with Gasteiger partial charge in [-0.15, -0.1) is 0 Å². The SMILES string of the molecule is [C-]#[N+]C1(Sc2ccccn2)CCCCC1. The van der Waals surface area contributed by atoms with Crippen molar-refractivity contribution in [2.75, 3.05) is 0 Å². The minimum atomic E-state index is -0.230. The summed E-state index contributed by atoms with van der Waals surface area (Å²) in [6.07, 6.45) is 7.46. The van der Waals surface area contributed by atoms with Crippen molar-refractivity contribution < 1.29 is 0 Å². The van der Waals surface area contributed by atoms with Crippen LogP contribution < -0.4 is 0 Å². The number of aromatic nitrogens is 1. The lowest BCUT2D eigenvalue weighted by Gasteiger charge is -2.24. The summed E-state index contributed by atoms with van der Waals surface area (Å²) in [5, 5.41) is 0.982. The molecule has 0 bridgehead atoms. The first kappa shape index (κ1) is 10.5. The van der Waals surface area contributed by atoms with Gasteiger partial charge in [-0.1, -0.05) is 12.5 Å². The van der Waals surface area contributed by atoms with E-state index in [0.29, 0.717) is 0 Å². The molecule has 0 aromatic carbocycles. The van der Waals surface area contributed by atoms with Crippen molar-refractivity contribution in [1.29, 1.82) is 0 Å². The predicted molar refractivity (Wildman–Crippen MR) is 62.5 cm³/mol. The van der Waals surface area contributed by atoms with Crippen LogP contribution in [0.1, 0.15) is 32.1 Å². The summed E-state index contributed by atoms with van der Waals surface area (Å²) in [4.78, 5) is 7.90. The van der Waals surface area contributed by atoms with E-state index >= 15 is 0 Å². The second-order valence-corrected chi connectivity index (χ2v) is 5.27. The molecule has 0 amide bonds. The molecule has 0 atom stereocenters. The molecule has 0 radical (unpaired) electrons. The molecule has 0 aliphatic heterocycles. The molecule has 1 fully saturated rings. The predicted octanol–water partition coefficient (Wildman–Crippen LogP) is 3.75. The van der Waals surface area contributed by atoms with E-state index in [0.717, 1.165) is 17.9 Å². The molecular formula is C12H14N2S. The minimum Gasteiger partial charge on any atom is -0.298 e. The third-order valence-electron chi connectivity index (χ3n) is 2.77. The zero-order valence-electron chi connectivity index (χ0n) is 8.65. The molecule has 1 aromatic rings. The number of nitrogens with zero attached hydrogens (tertiary/aromatic N) is 2. The van der Waals surface area contributed by atoms with Crippen LogP contribution in [0.2, 0.25) is 0 Å². The van der Waals surface area contributed by atoms with Crippen LogP contribution >= 0.6 is 11.8 Å². The molecule has 1 heterocycles. The summed E-state index contributed by atoms with van der Waals surface area (Å²) in [5.74, 6) is 0. The highest BCUT2D eigenvalue weighted by Gasteiger charge is 2.39. The van der Waals surface area contributed by atoms with Crippen molar-refractivity contribution in [2.24, 2.45) is 0 Å². The van der Waals surface area contributed by atoms with Gasteiger partial charge < -0.3 is 0 Å². The zero-order chi connectivity index (χ0) is 10.6. The minimum absolute atomic E-state index is 0.230. The normalized spacial score (nSPS) is 19.4. The molecule has 0 spiro atoms. The largest absolute Gasteiger partial charge is 0.298 e. The average molecular weight is 218 g/mol. The Balaban J connectivity index is 2.12. The zero-order valence-corrected chi connectivity index (χ0v) is 9.46. The Bertz CT molecular complexity index is 350. The van der Waals surface area contributed by atoms with Crippen molar-refractivity contribution in [3.63, 3.8) is 0 Å². The number of pyridine rings is 1. The van der Waals surface area contributed by atoms with Gasteiger partial charge in [0.05, 0.1) is 0 Å². The van der Waals surface area contributed by atoms with E-state index in [9.17, 15) is 0 Å². The Morgan fingerprint density at radius 1 is 1.27 bits per heavy atom. The van der Waals surface area contributed by atoms with Gasteiger partial charge in [0, 0.05) is 19.0 Å². The fraction of sp³-hybridized carbons (Fsp3) is 0.500. The molecule has 3 heteroatoms. The van der Waals surface area contributed by atoms with Gasteiger partial charge in [-0.3, -0.25) is 4.85 Å². The summed E-state index contributed by atoms with van der Waals surface area (Å²) in [5.41, 5.74) is 0. The molecule has 0 N–H and O–H groups in total. The van der Waals surface area contributed by atoms with Gasteiger partial charge in [0.15, 0.2) is 0 Å². The Kier molecular flexibility index (Phi) is 3.27. The van der Waals surface area contributed by atoms with Gasteiger partial charge in [0.25, 0.3) is 4.87 Å². The quantitative estimate of drug-likeness (QED) is 0.703. The first-order chi connectivity index (χ1) is 7.35. The molecule has 1 aliphatic carbocycles. The second-order valence-electron chi connectivity index (χ2n) is 3.89. The lowest BCUT2D eigenvalue weighted by atomic mass is 9.95. The molecule has 1 aromatic heterocycles. The molecule has 0 saturated heterocycles. The van der Waals surface area contributed by atoms with Crippen LogP contribution in [0.25, 0.3) is 4.85 Å². The van der Waals surface area contributed by atoms with E-state index in [1.807, 2.05) is 18.2 Å². The molecule has 2 rings (SSSR count). The van der Waals surface area contributed by atoms with Crippen molar-refractivity contribution in [3.05, 3.63) is 35.8 Å². The van der Waals surface area contributed by atoms with E-state index in [1.165, 1.54) is 19.3 Å². The third-order valence-corrected chi connectivity index (χ3v) is 4.10. The molecule has 1 aliphatic rings. The Labute approximate surface area is 94.9 Å². The molecular weight excluding hydrogens is 204 g/mol. The highest BCUT2D eigenvalue weighted by molar-refractivity contribution is 8.00. The van der Waals surface area contributed by atoms with Crippen LogP contribution in [-0.2, 0) is 0 Å². The molecule has 1 saturated carbocycles. The maximum absolute atomic E-state index is 7.37. The smallest absolute Gasteiger partial charge is 0.283 e. The first-order valence-corrected chi connectivity index (χ1v) is 6.15. The van der Waals surface area contributed by atoms with Gasteiger partial charge in [-0.2, -0.15) is 0 Å². The van der Waals surface area contributed by atoms with E-state index in [2.05, 4.69) is 9.83 Å². The van der Waals surface area contributed by atoms with Crippen LogP contribution in [0.3, 0.4) is 0 Å². The number of thioether (sulfide) groups is 1. The fourth-order valence-electron chi connectivity index (χ4n) is 1.94. The van der Waals surface area contributed by atoms with E-state index < -0.39 is 0 Å². The first-order valence-electron chi connectivity index (χ1n) is 5.33. The third kappa shape index (κ3) is 2.51. The van der Waals surface area contributed by atoms with Gasteiger partial charge in [0.1, 0.15) is 5.03 Å². The van der Waals surface area contributed by atoms with Crippen LogP contribution in [-0.4, -0.2) is 9.85 Å². The summed E-state index contributed by atoms with van der Waals surface area (Å²) < 4.78 is 0. The lowest BCUT2D eigenvalue weighted by Crippen LogP contribution is -2.23. The van der Waals surface area contributed by atoms with Crippen LogP contribution in [0.4, 0.5) is 0 Å². The van der Waals surface area contributed by atoms with Crippen LogP contribution in [0, 0.1) is 6.57 Å². The summed E-state index contributed by atoms with van der Waals surface area (Å²) in [6.45, 7) is 7.37. The van der Waals surface area contributed by atoms with E-state index in [-0.39, 0.29) is 4.87 Å². The van der Waals surface area contributed by atoms with Gasteiger partial charge in [-0.25, -0.2) is 11.6 Å². The Hall–Kier alpha value is -1.01. The number of hydrogen-bond donors (Lipinski definition) is 0. The van der Waals surface area contributed by atoms with Crippen LogP contribution in [0.5, 0.6) is 0 Å². The summed E-state index contributed by atoms with van der Waals surface area (Å²) in [7, 11) is 0. The highest BCUT2D eigenvalue weighted by Crippen LogP contribution is 2.44. The van der Waals surface area contributed by atoms with Gasteiger partial charge in [0.2, 0.25) is 0 Å². The number of rotatable bonds is 2. The van der Waals surface area contributed by atoms with Gasteiger partial charge >= 0.3 is 0 Å². The Morgan fingerprint density at radius 3 is 2.67 bits per heavy atom. The second kappa shape index (κ2) is 4.67. The molecule has 0 unspecified atom stereocenters. The summed E-state index contributed by atoms with van der Waals surface area (Å²) >= 11 is 1.65. The average Bonchev–Trinajstić information content (AvgIpc) is 2.32. The van der Waals surface area contributed by atoms with Gasteiger partial charge in [-0.05, 0) is 36.7 Å². The standard InChI is InChI=1S/C12H14N2S/c1-13-12(8-4-2-5-9-12)15-11-7-3-6-10-14-11/h3,6-7,10H,2,4-5,8-9H2. The molecule has 2 nitrogen and oxygen atoms in total. The fourth-order valence-corrected chi connectivity index (χ4v) is 3.13. The lowest BCUT2D eigenvalue weighted by molar-refractivity contribution is 0.450. The highest BCUT2D eigenvalue weighted by atomic mass is 32.2. The summed E-state index contributed by atoms with van der Waals surface area (Å²) in [6, 6.07) is 5.89. The maximum atomic E-state index is 7.37. The van der Waals surface area contributed by atoms with Crippen molar-refractivity contribution in [2.45, 2.75) is 42.0 Å². The van der Waals surface area contributed by atoms with Crippen molar-refractivity contribution >= 4 is 11.8 Å². The van der Waals surface area contributed by atoms with Crippen molar-refractivity contribution in [3.8, 4) is 0 Å². The molecule has 15 heavy (non-hydrogen) atoms. The van der Waals surface area contributed by atoms with Crippen LogP contribution in [0.15, 0.2) is 29.4 Å². The molecule has 78 valence electrons. The van der Waals surface area contributed by atoms with E-state index in [1.54, 1.807) is 18.0 Å². The monoisotopic (exact) mass is 218 g/mol. The number of hydrogen-bond acceptors (Lipinski definition) is 2. The topological polar surface area (TPSA) is 17.2 Å². The Morgan fingerprint density at radius 2 is 2.07 bits per heavy atom. The van der Waals surface area contributed by atoms with E-state index in [4.69, 9.17) is 6.57 Å². The maximum Gasteiger partial charge on any atom is 0.283 e. The van der Waals surface area contributed by atoms with Crippen molar-refractivity contribution in [1.82, 2.24) is 4.98 Å².